The molecule has 2 nitrogen and oxygen atoms in total. The number of anilines is 1. The molecule has 0 bridgehead atoms. The second-order valence-electron chi connectivity index (χ2n) is 8.08. The summed E-state index contributed by atoms with van der Waals surface area (Å²) >= 11 is 6.44. The van der Waals surface area contributed by atoms with Crippen molar-refractivity contribution in [2.45, 2.75) is 25.8 Å². The number of carbonyl (C=O) groups excluding carboxylic acids is 1. The van der Waals surface area contributed by atoms with Crippen LogP contribution in [0.15, 0.2) is 78.9 Å². The Morgan fingerprint density at radius 2 is 1.71 bits per heavy atom. The van der Waals surface area contributed by atoms with Gasteiger partial charge in [-0.2, -0.15) is 0 Å². The number of fused-ring (bicyclic) bond motifs is 3. The van der Waals surface area contributed by atoms with Gasteiger partial charge in [-0.1, -0.05) is 77.8 Å². The smallest absolute Gasteiger partial charge is 0.228 e. The van der Waals surface area contributed by atoms with E-state index in [1.165, 1.54) is 11.6 Å². The zero-order valence-electron chi connectivity index (χ0n) is 17.1. The molecule has 5 rings (SSSR count). The van der Waals surface area contributed by atoms with Gasteiger partial charge in [0.25, 0.3) is 0 Å². The Kier molecular flexibility index (Phi) is 4.99. The molecule has 1 atom stereocenters. The minimum Gasteiger partial charge on any atom is -0.308 e. The van der Waals surface area contributed by atoms with Gasteiger partial charge in [-0.15, -0.1) is 0 Å². The first-order chi connectivity index (χ1) is 15.0. The predicted octanol–water partition coefficient (Wildman–Crippen LogP) is 7.01. The second-order valence-corrected chi connectivity index (χ2v) is 8.48. The average Bonchev–Trinajstić information content (AvgIpc) is 2.77. The van der Waals surface area contributed by atoms with E-state index in [1.807, 2.05) is 72.5 Å². The molecule has 0 fully saturated rings. The number of carbonyl (C=O) groups is 1. The van der Waals surface area contributed by atoms with E-state index < -0.39 is 5.92 Å². The highest BCUT2D eigenvalue weighted by Gasteiger charge is 2.35. The lowest BCUT2D eigenvalue weighted by Crippen LogP contribution is -2.36. The molecule has 0 spiro atoms. The van der Waals surface area contributed by atoms with Crippen LogP contribution in [0.4, 0.5) is 10.1 Å². The molecule has 0 aliphatic carbocycles. The van der Waals surface area contributed by atoms with Crippen LogP contribution in [0.2, 0.25) is 5.02 Å². The monoisotopic (exact) mass is 429 g/mol. The summed E-state index contributed by atoms with van der Waals surface area (Å²) in [5, 5.41) is 2.43. The maximum Gasteiger partial charge on any atom is 0.228 e. The lowest BCUT2D eigenvalue weighted by atomic mass is 9.81. The minimum absolute atomic E-state index is 0.0346. The highest BCUT2D eigenvalue weighted by atomic mass is 35.5. The van der Waals surface area contributed by atoms with E-state index in [-0.39, 0.29) is 18.1 Å². The molecule has 1 aliphatic rings. The van der Waals surface area contributed by atoms with Gasteiger partial charge < -0.3 is 4.90 Å². The van der Waals surface area contributed by atoms with Crippen molar-refractivity contribution in [2.24, 2.45) is 0 Å². The summed E-state index contributed by atoms with van der Waals surface area (Å²) in [5.41, 5.74) is 4.40. The molecule has 154 valence electrons. The number of aryl methyl sites for hydroxylation is 1. The summed E-state index contributed by atoms with van der Waals surface area (Å²) in [6.45, 7) is 2.52. The molecule has 1 unspecified atom stereocenters. The van der Waals surface area contributed by atoms with Crippen molar-refractivity contribution in [3.05, 3.63) is 112 Å². The van der Waals surface area contributed by atoms with E-state index >= 15 is 0 Å². The molecular weight excluding hydrogens is 409 g/mol. The standard InChI is InChI=1S/C27H21ClFNO/c1-17-9-11-18(12-10-17)16-30-24-14-13-19-5-2-3-6-20(19)26(24)21(15-25(30)31)27-22(28)7-4-8-23(27)29/h2-14,21H,15-16H2,1H3. The van der Waals surface area contributed by atoms with Gasteiger partial charge >= 0.3 is 0 Å². The Labute approximate surface area is 185 Å². The molecule has 0 aromatic heterocycles. The first-order valence-electron chi connectivity index (χ1n) is 10.3. The maximum atomic E-state index is 14.9. The first kappa shape index (κ1) is 19.8. The molecule has 0 radical (unpaired) electrons. The fourth-order valence-corrected chi connectivity index (χ4v) is 4.84. The lowest BCUT2D eigenvalue weighted by Gasteiger charge is -2.36. The second kappa shape index (κ2) is 7.82. The van der Waals surface area contributed by atoms with E-state index in [1.54, 1.807) is 12.1 Å². The Morgan fingerprint density at radius 1 is 0.935 bits per heavy atom. The SMILES string of the molecule is Cc1ccc(CN2C(=O)CC(c3c(F)cccc3Cl)c3c2ccc2ccccc32)cc1. The van der Waals surface area contributed by atoms with Crippen LogP contribution in [0.5, 0.6) is 0 Å². The minimum atomic E-state index is -0.434. The van der Waals surface area contributed by atoms with E-state index in [4.69, 9.17) is 11.6 Å². The lowest BCUT2D eigenvalue weighted by molar-refractivity contribution is -0.119. The Hall–Kier alpha value is -3.17. The number of hydrogen-bond donors (Lipinski definition) is 0. The van der Waals surface area contributed by atoms with Gasteiger partial charge in [-0.05, 0) is 47.0 Å². The van der Waals surface area contributed by atoms with Crippen molar-refractivity contribution < 1.29 is 9.18 Å². The highest BCUT2D eigenvalue weighted by Crippen LogP contribution is 2.46. The average molecular weight is 430 g/mol. The summed E-state index contributed by atoms with van der Waals surface area (Å²) < 4.78 is 14.9. The third-order valence-electron chi connectivity index (χ3n) is 6.08. The van der Waals surface area contributed by atoms with E-state index in [9.17, 15) is 9.18 Å². The number of halogens is 2. The summed E-state index contributed by atoms with van der Waals surface area (Å²) in [7, 11) is 0. The molecular formula is C27H21ClFNO. The topological polar surface area (TPSA) is 20.3 Å². The molecule has 4 heteroatoms. The predicted molar refractivity (Wildman–Crippen MR) is 124 cm³/mol. The van der Waals surface area contributed by atoms with Crippen molar-refractivity contribution >= 4 is 34.0 Å². The number of rotatable bonds is 3. The van der Waals surface area contributed by atoms with Crippen molar-refractivity contribution in [2.75, 3.05) is 4.90 Å². The summed E-state index contributed by atoms with van der Waals surface area (Å²) in [6, 6.07) is 24.9. The largest absolute Gasteiger partial charge is 0.308 e. The molecule has 1 heterocycles. The van der Waals surface area contributed by atoms with Crippen LogP contribution in [-0.2, 0) is 11.3 Å². The quantitative estimate of drug-likeness (QED) is 0.343. The Bertz CT molecular complexity index is 1280. The van der Waals surface area contributed by atoms with Crippen molar-refractivity contribution in [3.63, 3.8) is 0 Å². The van der Waals surface area contributed by atoms with E-state index in [0.29, 0.717) is 17.1 Å². The van der Waals surface area contributed by atoms with Gasteiger partial charge in [-0.3, -0.25) is 4.79 Å². The third-order valence-corrected chi connectivity index (χ3v) is 6.41. The number of hydrogen-bond acceptors (Lipinski definition) is 1. The van der Waals surface area contributed by atoms with Crippen LogP contribution in [0, 0.1) is 12.7 Å². The van der Waals surface area contributed by atoms with Crippen molar-refractivity contribution in [1.29, 1.82) is 0 Å². The zero-order chi connectivity index (χ0) is 21.5. The van der Waals surface area contributed by atoms with Crippen LogP contribution in [-0.4, -0.2) is 5.91 Å². The molecule has 0 N–H and O–H groups in total. The Morgan fingerprint density at radius 3 is 2.48 bits per heavy atom. The van der Waals surface area contributed by atoms with Crippen LogP contribution >= 0.6 is 11.6 Å². The van der Waals surface area contributed by atoms with Crippen molar-refractivity contribution in [3.8, 4) is 0 Å². The fourth-order valence-electron chi connectivity index (χ4n) is 4.55. The van der Waals surface area contributed by atoms with Crippen LogP contribution in [0.25, 0.3) is 10.8 Å². The van der Waals surface area contributed by atoms with Gasteiger partial charge in [0.05, 0.1) is 6.54 Å². The number of benzene rings is 4. The van der Waals surface area contributed by atoms with Gasteiger partial charge in [0.1, 0.15) is 5.82 Å². The molecule has 4 aromatic rings. The molecule has 31 heavy (non-hydrogen) atoms. The zero-order valence-corrected chi connectivity index (χ0v) is 17.9. The summed E-state index contributed by atoms with van der Waals surface area (Å²) in [5.74, 6) is -0.847. The van der Waals surface area contributed by atoms with Crippen LogP contribution in [0.3, 0.4) is 0 Å². The van der Waals surface area contributed by atoms with E-state index in [2.05, 4.69) is 0 Å². The highest BCUT2D eigenvalue weighted by molar-refractivity contribution is 6.31. The molecule has 1 aliphatic heterocycles. The van der Waals surface area contributed by atoms with E-state index in [0.717, 1.165) is 27.6 Å². The van der Waals surface area contributed by atoms with Crippen LogP contribution in [0.1, 0.15) is 34.6 Å². The van der Waals surface area contributed by atoms with Gasteiger partial charge in [0.15, 0.2) is 0 Å². The maximum absolute atomic E-state index is 14.9. The number of nitrogens with zero attached hydrogens (tertiary/aromatic N) is 1. The Balaban J connectivity index is 1.71. The van der Waals surface area contributed by atoms with Crippen molar-refractivity contribution in [1.82, 2.24) is 0 Å². The molecule has 4 aromatic carbocycles. The summed E-state index contributed by atoms with van der Waals surface area (Å²) in [4.78, 5) is 15.1. The molecule has 1 amide bonds. The van der Waals surface area contributed by atoms with Crippen LogP contribution < -0.4 is 4.90 Å². The summed E-state index contributed by atoms with van der Waals surface area (Å²) in [6.07, 6.45) is 0.174. The van der Waals surface area contributed by atoms with Gasteiger partial charge in [0, 0.05) is 28.6 Å². The molecule has 0 saturated heterocycles. The normalized spacial score (nSPS) is 15.9. The first-order valence-corrected chi connectivity index (χ1v) is 10.7. The molecule has 0 saturated carbocycles. The van der Waals surface area contributed by atoms with Gasteiger partial charge in [-0.25, -0.2) is 4.39 Å². The number of amides is 1. The fraction of sp³-hybridized carbons (Fsp3) is 0.148. The third kappa shape index (κ3) is 3.49. The van der Waals surface area contributed by atoms with Gasteiger partial charge in [0.2, 0.25) is 5.91 Å².